The number of likely N-dealkylation sites (tertiary alicyclic amines) is 1. The highest BCUT2D eigenvalue weighted by Crippen LogP contribution is 2.38. The molecule has 1 heterocycles. The van der Waals surface area contributed by atoms with Crippen LogP contribution in [0.25, 0.3) is 0 Å². The third-order valence-electron chi connectivity index (χ3n) is 5.80. The summed E-state index contributed by atoms with van der Waals surface area (Å²) in [6, 6.07) is 13.5. The SMILES string of the molecule is COc1cc(CC(=O)N(C)[C@H](CN2CCC(O)C2)c2ccccc2)cc(OC)c1OC. The third kappa shape index (κ3) is 5.48. The number of carbonyl (C=O) groups is 1. The van der Waals surface area contributed by atoms with Crippen LogP contribution in [0, 0.1) is 0 Å². The Labute approximate surface area is 184 Å². The van der Waals surface area contributed by atoms with Gasteiger partial charge in [0.1, 0.15) is 0 Å². The molecule has 1 unspecified atom stereocenters. The van der Waals surface area contributed by atoms with Crippen LogP contribution in [0.15, 0.2) is 42.5 Å². The second-order valence-corrected chi connectivity index (χ2v) is 7.84. The summed E-state index contributed by atoms with van der Waals surface area (Å²) in [6.45, 7) is 2.15. The topological polar surface area (TPSA) is 71.5 Å². The Morgan fingerprint density at radius 1 is 1.13 bits per heavy atom. The molecule has 7 nitrogen and oxygen atoms in total. The van der Waals surface area contributed by atoms with Crippen LogP contribution >= 0.6 is 0 Å². The van der Waals surface area contributed by atoms with Gasteiger partial charge in [0.05, 0.1) is 39.9 Å². The summed E-state index contributed by atoms with van der Waals surface area (Å²) >= 11 is 0. The fourth-order valence-electron chi connectivity index (χ4n) is 4.06. The van der Waals surface area contributed by atoms with Gasteiger partial charge >= 0.3 is 0 Å². The number of hydrogen-bond donors (Lipinski definition) is 1. The summed E-state index contributed by atoms with van der Waals surface area (Å²) in [4.78, 5) is 17.3. The summed E-state index contributed by atoms with van der Waals surface area (Å²) in [5.74, 6) is 1.54. The third-order valence-corrected chi connectivity index (χ3v) is 5.80. The molecular formula is C24H32N2O5. The Morgan fingerprint density at radius 2 is 1.77 bits per heavy atom. The summed E-state index contributed by atoms with van der Waals surface area (Å²) in [5.41, 5.74) is 1.86. The molecule has 0 radical (unpaired) electrons. The molecule has 2 aromatic rings. The van der Waals surface area contributed by atoms with Crippen LogP contribution in [0.5, 0.6) is 17.2 Å². The zero-order chi connectivity index (χ0) is 22.4. The quantitative estimate of drug-likeness (QED) is 0.662. The van der Waals surface area contributed by atoms with Gasteiger partial charge in [0.15, 0.2) is 11.5 Å². The molecule has 1 N–H and O–H groups in total. The van der Waals surface area contributed by atoms with E-state index in [9.17, 15) is 9.90 Å². The molecule has 0 aliphatic carbocycles. The standard InChI is InChI=1S/C24H32N2O5/c1-25(20(18-8-6-5-7-9-18)16-26-11-10-19(27)15-26)23(28)14-17-12-21(29-2)24(31-4)22(13-17)30-3/h5-9,12-13,19-20,27H,10-11,14-16H2,1-4H3/t19?,20-/m1/s1. The van der Waals surface area contributed by atoms with E-state index < -0.39 is 0 Å². The Hall–Kier alpha value is -2.77. The minimum atomic E-state index is -0.295. The lowest BCUT2D eigenvalue weighted by Gasteiger charge is -2.32. The minimum Gasteiger partial charge on any atom is -0.493 e. The van der Waals surface area contributed by atoms with Crippen molar-refractivity contribution in [1.82, 2.24) is 9.80 Å². The lowest BCUT2D eigenvalue weighted by molar-refractivity contribution is -0.131. The number of amides is 1. The molecule has 0 spiro atoms. The number of aliphatic hydroxyl groups is 1. The molecule has 3 rings (SSSR count). The van der Waals surface area contributed by atoms with Gasteiger partial charge in [-0.05, 0) is 29.7 Å². The molecule has 0 aromatic heterocycles. The second kappa shape index (κ2) is 10.5. The van der Waals surface area contributed by atoms with E-state index in [2.05, 4.69) is 4.90 Å². The maximum absolute atomic E-state index is 13.3. The van der Waals surface area contributed by atoms with Gasteiger partial charge in [-0.25, -0.2) is 0 Å². The highest BCUT2D eigenvalue weighted by atomic mass is 16.5. The van der Waals surface area contributed by atoms with Crippen molar-refractivity contribution in [2.75, 3.05) is 48.0 Å². The van der Waals surface area contributed by atoms with E-state index in [1.807, 2.05) is 37.4 Å². The largest absolute Gasteiger partial charge is 0.493 e. The Balaban J connectivity index is 1.81. The van der Waals surface area contributed by atoms with Crippen LogP contribution in [-0.4, -0.2) is 74.9 Å². The maximum Gasteiger partial charge on any atom is 0.227 e. The van der Waals surface area contributed by atoms with Crippen LogP contribution in [-0.2, 0) is 11.2 Å². The zero-order valence-electron chi connectivity index (χ0n) is 18.7. The first kappa shape index (κ1) is 22.9. The number of carbonyl (C=O) groups excluding carboxylic acids is 1. The van der Waals surface area contributed by atoms with Crippen molar-refractivity contribution in [3.63, 3.8) is 0 Å². The molecule has 7 heteroatoms. The summed E-state index contributed by atoms with van der Waals surface area (Å²) < 4.78 is 16.2. The fraction of sp³-hybridized carbons (Fsp3) is 0.458. The van der Waals surface area contributed by atoms with E-state index in [1.165, 1.54) is 0 Å². The Bertz CT molecular complexity index is 849. The van der Waals surface area contributed by atoms with E-state index in [4.69, 9.17) is 14.2 Å². The summed E-state index contributed by atoms with van der Waals surface area (Å²) in [6.07, 6.45) is 0.681. The van der Waals surface area contributed by atoms with Gasteiger partial charge in [-0.1, -0.05) is 30.3 Å². The van der Waals surface area contributed by atoms with Gasteiger partial charge in [-0.3, -0.25) is 9.69 Å². The smallest absolute Gasteiger partial charge is 0.227 e. The summed E-state index contributed by atoms with van der Waals surface area (Å²) in [5, 5.41) is 9.91. The average molecular weight is 429 g/mol. The van der Waals surface area contributed by atoms with Crippen LogP contribution < -0.4 is 14.2 Å². The number of hydrogen-bond acceptors (Lipinski definition) is 6. The van der Waals surface area contributed by atoms with Crippen molar-refractivity contribution in [3.05, 3.63) is 53.6 Å². The van der Waals surface area contributed by atoms with E-state index in [0.717, 1.165) is 24.1 Å². The molecule has 0 saturated carbocycles. The molecule has 1 saturated heterocycles. The molecular weight excluding hydrogens is 396 g/mol. The van der Waals surface area contributed by atoms with Crippen molar-refractivity contribution in [2.45, 2.75) is 25.0 Å². The number of benzene rings is 2. The van der Waals surface area contributed by atoms with Gasteiger partial charge in [0.2, 0.25) is 11.7 Å². The molecule has 1 aliphatic rings. The number of nitrogens with zero attached hydrogens (tertiary/aromatic N) is 2. The zero-order valence-corrected chi connectivity index (χ0v) is 18.7. The van der Waals surface area contributed by atoms with Crippen molar-refractivity contribution in [3.8, 4) is 17.2 Å². The number of aliphatic hydroxyl groups excluding tert-OH is 1. The molecule has 0 bridgehead atoms. The van der Waals surface area contributed by atoms with E-state index in [1.54, 1.807) is 38.4 Å². The van der Waals surface area contributed by atoms with Gasteiger partial charge in [-0.2, -0.15) is 0 Å². The van der Waals surface area contributed by atoms with Gasteiger partial charge < -0.3 is 24.2 Å². The monoisotopic (exact) mass is 428 g/mol. The van der Waals surface area contributed by atoms with E-state index in [-0.39, 0.29) is 24.5 Å². The molecule has 2 atom stereocenters. The first-order valence-electron chi connectivity index (χ1n) is 10.5. The number of likely N-dealkylation sites (N-methyl/N-ethyl adjacent to an activating group) is 1. The van der Waals surface area contributed by atoms with Gasteiger partial charge in [0, 0.05) is 26.7 Å². The molecule has 1 fully saturated rings. The normalized spacial score (nSPS) is 17.3. The summed E-state index contributed by atoms with van der Waals surface area (Å²) in [7, 11) is 6.51. The average Bonchev–Trinajstić information content (AvgIpc) is 3.21. The number of methoxy groups -OCH3 is 3. The van der Waals surface area contributed by atoms with E-state index in [0.29, 0.717) is 30.3 Å². The number of rotatable bonds is 9. The molecule has 168 valence electrons. The van der Waals surface area contributed by atoms with Crippen LogP contribution in [0.3, 0.4) is 0 Å². The first-order valence-corrected chi connectivity index (χ1v) is 10.5. The van der Waals surface area contributed by atoms with Gasteiger partial charge in [-0.15, -0.1) is 0 Å². The Kier molecular flexibility index (Phi) is 7.76. The van der Waals surface area contributed by atoms with Crippen molar-refractivity contribution in [2.24, 2.45) is 0 Å². The molecule has 1 aliphatic heterocycles. The highest BCUT2D eigenvalue weighted by molar-refractivity contribution is 5.79. The molecule has 2 aromatic carbocycles. The predicted octanol–water partition coefficient (Wildman–Crippen LogP) is 2.52. The fourth-order valence-corrected chi connectivity index (χ4v) is 4.06. The number of ether oxygens (including phenoxy) is 3. The van der Waals surface area contributed by atoms with Gasteiger partial charge in [0.25, 0.3) is 0 Å². The van der Waals surface area contributed by atoms with Crippen LogP contribution in [0.2, 0.25) is 0 Å². The first-order chi connectivity index (χ1) is 15.0. The predicted molar refractivity (Wildman–Crippen MR) is 119 cm³/mol. The second-order valence-electron chi connectivity index (χ2n) is 7.84. The lowest BCUT2D eigenvalue weighted by Crippen LogP contribution is -2.39. The highest BCUT2D eigenvalue weighted by Gasteiger charge is 2.28. The number of β-amino-alcohol motifs (C(OH)–C–C–N with tert-alkyl or cyclic N) is 1. The molecule has 31 heavy (non-hydrogen) atoms. The minimum absolute atomic E-state index is 0.0112. The maximum atomic E-state index is 13.3. The molecule has 1 amide bonds. The van der Waals surface area contributed by atoms with Crippen LogP contribution in [0.4, 0.5) is 0 Å². The van der Waals surface area contributed by atoms with E-state index >= 15 is 0 Å². The lowest BCUT2D eigenvalue weighted by atomic mass is 10.0. The Morgan fingerprint density at radius 3 is 2.29 bits per heavy atom. The van der Waals surface area contributed by atoms with Crippen molar-refractivity contribution in [1.29, 1.82) is 0 Å². The van der Waals surface area contributed by atoms with Crippen molar-refractivity contribution >= 4 is 5.91 Å². The van der Waals surface area contributed by atoms with Crippen LogP contribution in [0.1, 0.15) is 23.6 Å². The van der Waals surface area contributed by atoms with Crippen molar-refractivity contribution < 1.29 is 24.1 Å².